The van der Waals surface area contributed by atoms with Crippen LogP contribution in [0.15, 0.2) is 37.1 Å². The summed E-state index contributed by atoms with van der Waals surface area (Å²) in [6.07, 6.45) is 8.45. The summed E-state index contributed by atoms with van der Waals surface area (Å²) >= 11 is 0. The van der Waals surface area contributed by atoms with Gasteiger partial charge in [0.2, 0.25) is 5.95 Å². The zero-order valence-electron chi connectivity index (χ0n) is 23.4. The number of imidazole rings is 1. The predicted octanol–water partition coefficient (Wildman–Crippen LogP) is 3.56. The molecular formula is C27H35FN10O2. The van der Waals surface area contributed by atoms with E-state index >= 15 is 0 Å². The molecule has 4 aromatic rings. The van der Waals surface area contributed by atoms with Crippen molar-refractivity contribution in [2.45, 2.75) is 38.6 Å². The first-order valence-electron chi connectivity index (χ1n) is 13.1. The highest BCUT2D eigenvalue weighted by Crippen LogP contribution is 2.38. The molecule has 212 valence electrons. The third-order valence-corrected chi connectivity index (χ3v) is 6.95. The number of likely N-dealkylation sites (tertiary alicyclic amines) is 1. The molecule has 5 rings (SSSR count). The lowest BCUT2D eigenvalue weighted by Crippen LogP contribution is -2.26. The number of pyridine rings is 1. The third-order valence-electron chi connectivity index (χ3n) is 6.95. The van der Waals surface area contributed by atoms with Crippen molar-refractivity contribution in [1.82, 2.24) is 39.2 Å². The minimum absolute atomic E-state index is 0.138. The SMILES string of the molecule is COc1c(OC(=CN)c2cnccn2)cnc2nc(Nc3cc(C(C)(C)C)n([C@@H]4CCN(CCF)C4)n3)n(C)c12. The normalized spacial score (nSPS) is 16.6. The quantitative estimate of drug-likeness (QED) is 0.298. The molecule has 40 heavy (non-hydrogen) atoms. The highest BCUT2D eigenvalue weighted by Gasteiger charge is 2.30. The maximum atomic E-state index is 12.9. The molecule has 13 heteroatoms. The highest BCUT2D eigenvalue weighted by molar-refractivity contribution is 5.85. The third kappa shape index (κ3) is 5.28. The molecule has 12 nitrogen and oxygen atoms in total. The maximum absolute atomic E-state index is 12.9. The Hall–Kier alpha value is -4.26. The van der Waals surface area contributed by atoms with Crippen molar-refractivity contribution in [3.05, 3.63) is 48.4 Å². The Morgan fingerprint density at radius 2 is 2.08 bits per heavy atom. The molecule has 0 radical (unpaired) electrons. The van der Waals surface area contributed by atoms with Gasteiger partial charge in [-0.05, 0) is 6.42 Å². The van der Waals surface area contributed by atoms with Crippen molar-refractivity contribution < 1.29 is 13.9 Å². The Labute approximate surface area is 232 Å². The lowest BCUT2D eigenvalue weighted by molar-refractivity contribution is 0.282. The number of alkyl halides is 1. The van der Waals surface area contributed by atoms with Crippen LogP contribution in [-0.2, 0) is 12.5 Å². The molecule has 0 aliphatic carbocycles. The summed E-state index contributed by atoms with van der Waals surface area (Å²) in [5.41, 5.74) is 8.35. The number of aromatic nitrogens is 7. The number of nitrogens with one attached hydrogen (secondary N) is 1. The molecule has 4 aromatic heterocycles. The Kier molecular flexibility index (Phi) is 7.57. The number of halogens is 1. The van der Waals surface area contributed by atoms with Crippen LogP contribution in [-0.4, -0.2) is 72.6 Å². The van der Waals surface area contributed by atoms with Gasteiger partial charge in [-0.3, -0.25) is 14.6 Å². The Balaban J connectivity index is 1.46. The molecule has 1 aliphatic rings. The average molecular weight is 551 g/mol. The van der Waals surface area contributed by atoms with Crippen molar-refractivity contribution >= 4 is 28.7 Å². The van der Waals surface area contributed by atoms with Crippen LogP contribution in [0.5, 0.6) is 11.5 Å². The number of hydrogen-bond donors (Lipinski definition) is 2. The van der Waals surface area contributed by atoms with Gasteiger partial charge in [0.15, 0.2) is 28.7 Å². The molecule has 0 saturated carbocycles. The smallest absolute Gasteiger partial charge is 0.211 e. The van der Waals surface area contributed by atoms with Crippen LogP contribution in [0.3, 0.4) is 0 Å². The van der Waals surface area contributed by atoms with Crippen LogP contribution in [0.4, 0.5) is 16.2 Å². The number of aryl methyl sites for hydroxylation is 1. The zero-order valence-corrected chi connectivity index (χ0v) is 23.4. The van der Waals surface area contributed by atoms with E-state index < -0.39 is 0 Å². The van der Waals surface area contributed by atoms with Crippen molar-refractivity contribution in [1.29, 1.82) is 0 Å². The Morgan fingerprint density at radius 3 is 2.75 bits per heavy atom. The van der Waals surface area contributed by atoms with E-state index in [4.69, 9.17) is 25.3 Å². The van der Waals surface area contributed by atoms with Gasteiger partial charge in [-0.25, -0.2) is 14.4 Å². The van der Waals surface area contributed by atoms with E-state index in [2.05, 4.69) is 56.7 Å². The topological polar surface area (TPSA) is 134 Å². The molecule has 0 spiro atoms. The van der Waals surface area contributed by atoms with Crippen LogP contribution < -0.4 is 20.5 Å². The van der Waals surface area contributed by atoms with Crippen molar-refractivity contribution in [3.63, 3.8) is 0 Å². The van der Waals surface area contributed by atoms with Gasteiger partial charge in [0.1, 0.15) is 17.9 Å². The first-order chi connectivity index (χ1) is 19.2. The van der Waals surface area contributed by atoms with Gasteiger partial charge in [0, 0.05) is 62.5 Å². The molecule has 1 fully saturated rings. The van der Waals surface area contributed by atoms with E-state index in [1.54, 1.807) is 25.7 Å². The fraction of sp³-hybridized carbons (Fsp3) is 0.444. The van der Waals surface area contributed by atoms with E-state index in [0.717, 1.165) is 25.2 Å². The van der Waals surface area contributed by atoms with Gasteiger partial charge < -0.3 is 25.1 Å². The van der Waals surface area contributed by atoms with Crippen LogP contribution in [0.25, 0.3) is 16.9 Å². The molecule has 1 aliphatic heterocycles. The van der Waals surface area contributed by atoms with Gasteiger partial charge in [0.05, 0.1) is 25.5 Å². The van der Waals surface area contributed by atoms with Crippen LogP contribution >= 0.6 is 0 Å². The van der Waals surface area contributed by atoms with E-state index in [-0.39, 0.29) is 18.1 Å². The number of methoxy groups -OCH3 is 1. The minimum atomic E-state index is -0.341. The lowest BCUT2D eigenvalue weighted by atomic mass is 9.91. The molecular weight excluding hydrogens is 515 g/mol. The second-order valence-corrected chi connectivity index (χ2v) is 10.7. The summed E-state index contributed by atoms with van der Waals surface area (Å²) in [5, 5.41) is 8.29. The van der Waals surface area contributed by atoms with E-state index in [1.165, 1.54) is 12.4 Å². The minimum Gasteiger partial charge on any atom is -0.491 e. The van der Waals surface area contributed by atoms with Gasteiger partial charge in [-0.1, -0.05) is 20.8 Å². The second-order valence-electron chi connectivity index (χ2n) is 10.7. The molecule has 0 amide bonds. The standard InChI is InChI=1S/C27H35FN10O2/c1-27(2,3)21-12-22(35-38(21)17-6-10-37(16-17)11-7-28)33-26-34-25-23(36(26)4)24(39-5)20(15-32-25)40-19(13-29)18-14-30-8-9-31-18/h8-9,12-15,17H,6-7,10-11,16,29H2,1-5H3,(H,32,33,34,35)/t17-/m1/s1. The Morgan fingerprint density at radius 1 is 1.25 bits per heavy atom. The van der Waals surface area contributed by atoms with E-state index in [9.17, 15) is 4.39 Å². The molecule has 3 N–H and O–H groups in total. The fourth-order valence-corrected chi connectivity index (χ4v) is 4.96. The number of ether oxygens (including phenoxy) is 2. The van der Waals surface area contributed by atoms with Crippen LogP contribution in [0.1, 0.15) is 44.6 Å². The number of rotatable bonds is 9. The summed E-state index contributed by atoms with van der Waals surface area (Å²) in [6.45, 7) is 8.23. The number of fused-ring (bicyclic) bond motifs is 1. The summed E-state index contributed by atoms with van der Waals surface area (Å²) in [4.78, 5) is 19.7. The first-order valence-corrected chi connectivity index (χ1v) is 13.1. The first kappa shape index (κ1) is 27.3. The number of hydrogen-bond acceptors (Lipinski definition) is 10. The van der Waals surface area contributed by atoms with Crippen LogP contribution in [0, 0.1) is 0 Å². The summed E-state index contributed by atoms with van der Waals surface area (Å²) in [5.74, 6) is 2.31. The van der Waals surface area contributed by atoms with Gasteiger partial charge in [-0.2, -0.15) is 10.1 Å². The van der Waals surface area contributed by atoms with Gasteiger partial charge in [0.25, 0.3) is 0 Å². The van der Waals surface area contributed by atoms with Gasteiger partial charge >= 0.3 is 0 Å². The monoisotopic (exact) mass is 550 g/mol. The average Bonchev–Trinajstić information content (AvgIpc) is 3.66. The fourth-order valence-electron chi connectivity index (χ4n) is 4.96. The highest BCUT2D eigenvalue weighted by atomic mass is 19.1. The molecule has 0 bridgehead atoms. The zero-order chi connectivity index (χ0) is 28.4. The Bertz CT molecular complexity index is 1510. The molecule has 1 saturated heterocycles. The molecule has 5 heterocycles. The molecule has 0 unspecified atom stereocenters. The van der Waals surface area contributed by atoms with E-state index in [0.29, 0.717) is 52.4 Å². The summed E-state index contributed by atoms with van der Waals surface area (Å²) in [7, 11) is 3.42. The second kappa shape index (κ2) is 11.1. The largest absolute Gasteiger partial charge is 0.491 e. The molecule has 0 aromatic carbocycles. The number of anilines is 2. The number of nitrogens with two attached hydrogens (primary N) is 1. The number of nitrogens with zero attached hydrogens (tertiary/aromatic N) is 8. The summed E-state index contributed by atoms with van der Waals surface area (Å²) in [6, 6.07) is 2.23. The van der Waals surface area contributed by atoms with Crippen molar-refractivity contribution in [2.24, 2.45) is 12.8 Å². The maximum Gasteiger partial charge on any atom is 0.211 e. The predicted molar refractivity (Wildman–Crippen MR) is 150 cm³/mol. The summed E-state index contributed by atoms with van der Waals surface area (Å²) < 4.78 is 28.6. The molecule has 1 atom stereocenters. The van der Waals surface area contributed by atoms with E-state index in [1.807, 2.05) is 11.6 Å². The van der Waals surface area contributed by atoms with Crippen LogP contribution in [0.2, 0.25) is 0 Å². The lowest BCUT2D eigenvalue weighted by Gasteiger charge is -2.23. The van der Waals surface area contributed by atoms with Crippen molar-refractivity contribution in [3.8, 4) is 11.5 Å². The van der Waals surface area contributed by atoms with Crippen molar-refractivity contribution in [2.75, 3.05) is 38.7 Å². The van der Waals surface area contributed by atoms with Gasteiger partial charge in [-0.15, -0.1) is 0 Å².